The van der Waals surface area contributed by atoms with Gasteiger partial charge < -0.3 is 10.1 Å². The van der Waals surface area contributed by atoms with Crippen LogP contribution in [0.2, 0.25) is 0 Å². The van der Waals surface area contributed by atoms with Crippen LogP contribution in [0.3, 0.4) is 0 Å². The maximum atomic E-state index is 12.3. The lowest BCUT2D eigenvalue weighted by Crippen LogP contribution is -2.43. The van der Waals surface area contributed by atoms with Gasteiger partial charge in [0.05, 0.1) is 11.9 Å². The third-order valence-corrected chi connectivity index (χ3v) is 6.08. The highest BCUT2D eigenvalue weighted by molar-refractivity contribution is 7.89. The summed E-state index contributed by atoms with van der Waals surface area (Å²) in [7, 11) is -1.37. The Hall–Kier alpha value is -0.170. The van der Waals surface area contributed by atoms with Crippen LogP contribution in [0, 0.1) is 5.92 Å². The molecule has 0 saturated carbocycles. The smallest absolute Gasteiger partial charge is 0.214 e. The van der Waals surface area contributed by atoms with Crippen LogP contribution < -0.4 is 5.32 Å². The predicted octanol–water partition coefficient (Wildman–Crippen LogP) is 0.427. The molecule has 0 aliphatic carbocycles. The Labute approximate surface area is 110 Å². The third-order valence-electron chi connectivity index (χ3n) is 4.03. The summed E-state index contributed by atoms with van der Waals surface area (Å²) in [5.74, 6) is 0.656. The standard InChI is InChI=1S/C12H24N2O3S/c1-17-12-4-8-14(9-5-12)18(15,16)10-11-2-6-13-7-3-11/h11-13H,2-10H2,1H3. The van der Waals surface area contributed by atoms with E-state index in [1.165, 1.54) is 0 Å². The number of sulfonamides is 1. The molecule has 2 rings (SSSR count). The molecule has 0 radical (unpaired) electrons. The molecule has 18 heavy (non-hydrogen) atoms. The van der Waals surface area contributed by atoms with Gasteiger partial charge in [0.15, 0.2) is 0 Å². The van der Waals surface area contributed by atoms with Crippen molar-refractivity contribution in [1.29, 1.82) is 0 Å². The highest BCUT2D eigenvalue weighted by Crippen LogP contribution is 2.20. The van der Waals surface area contributed by atoms with Gasteiger partial charge in [-0.05, 0) is 44.7 Å². The van der Waals surface area contributed by atoms with Crippen molar-refractivity contribution < 1.29 is 13.2 Å². The number of nitrogens with zero attached hydrogens (tertiary/aromatic N) is 1. The number of nitrogens with one attached hydrogen (secondary N) is 1. The summed E-state index contributed by atoms with van der Waals surface area (Å²) in [5, 5.41) is 3.27. The lowest BCUT2D eigenvalue weighted by Gasteiger charge is -2.32. The monoisotopic (exact) mass is 276 g/mol. The van der Waals surface area contributed by atoms with E-state index in [9.17, 15) is 8.42 Å². The molecule has 2 heterocycles. The Bertz CT molecular complexity index is 344. The first-order valence-electron chi connectivity index (χ1n) is 6.83. The summed E-state index contributed by atoms with van der Waals surface area (Å²) in [4.78, 5) is 0. The quantitative estimate of drug-likeness (QED) is 0.809. The lowest BCUT2D eigenvalue weighted by atomic mass is 10.0. The van der Waals surface area contributed by atoms with Crippen LogP contribution >= 0.6 is 0 Å². The topological polar surface area (TPSA) is 58.6 Å². The largest absolute Gasteiger partial charge is 0.381 e. The van der Waals surface area contributed by atoms with E-state index < -0.39 is 10.0 Å². The van der Waals surface area contributed by atoms with Crippen LogP contribution in [0.15, 0.2) is 0 Å². The number of rotatable bonds is 4. The molecular formula is C12H24N2O3S. The minimum absolute atomic E-state index is 0.232. The molecule has 0 unspecified atom stereocenters. The van der Waals surface area contributed by atoms with Gasteiger partial charge >= 0.3 is 0 Å². The van der Waals surface area contributed by atoms with Gasteiger partial charge in [-0.25, -0.2) is 12.7 Å². The summed E-state index contributed by atoms with van der Waals surface area (Å²) in [5.41, 5.74) is 0. The second kappa shape index (κ2) is 6.32. The van der Waals surface area contributed by atoms with E-state index in [0.717, 1.165) is 38.8 Å². The molecule has 6 heteroatoms. The zero-order valence-corrected chi connectivity index (χ0v) is 11.9. The van der Waals surface area contributed by atoms with Crippen LogP contribution in [0.5, 0.6) is 0 Å². The Morgan fingerprint density at radius 1 is 1.17 bits per heavy atom. The number of hydrogen-bond acceptors (Lipinski definition) is 4. The molecule has 2 aliphatic heterocycles. The average Bonchev–Trinajstić information content (AvgIpc) is 2.39. The molecule has 5 nitrogen and oxygen atoms in total. The highest BCUT2D eigenvalue weighted by Gasteiger charge is 2.30. The SMILES string of the molecule is COC1CCN(S(=O)(=O)CC2CCNCC2)CC1. The summed E-state index contributed by atoms with van der Waals surface area (Å²) < 4.78 is 31.6. The van der Waals surface area contributed by atoms with Crippen molar-refractivity contribution in [1.82, 2.24) is 9.62 Å². The van der Waals surface area contributed by atoms with E-state index in [1.54, 1.807) is 11.4 Å². The Kier molecular flexibility index (Phi) is 5.00. The predicted molar refractivity (Wildman–Crippen MR) is 71.0 cm³/mol. The van der Waals surface area contributed by atoms with Gasteiger partial charge in [-0.1, -0.05) is 0 Å². The molecule has 0 bridgehead atoms. The van der Waals surface area contributed by atoms with Crippen molar-refractivity contribution in [3.8, 4) is 0 Å². The maximum absolute atomic E-state index is 12.3. The first-order valence-corrected chi connectivity index (χ1v) is 8.44. The van der Waals surface area contributed by atoms with Crippen LogP contribution in [-0.4, -0.2) is 57.9 Å². The van der Waals surface area contributed by atoms with Gasteiger partial charge in [0.25, 0.3) is 0 Å². The second-order valence-corrected chi connectivity index (χ2v) is 7.32. The minimum atomic E-state index is -3.06. The highest BCUT2D eigenvalue weighted by atomic mass is 32.2. The van der Waals surface area contributed by atoms with Gasteiger partial charge in [0, 0.05) is 20.2 Å². The molecule has 106 valence electrons. The van der Waals surface area contributed by atoms with E-state index in [2.05, 4.69) is 5.32 Å². The van der Waals surface area contributed by atoms with Crippen molar-refractivity contribution in [3.05, 3.63) is 0 Å². The molecule has 2 saturated heterocycles. The summed E-state index contributed by atoms with van der Waals surface area (Å²) >= 11 is 0. The molecule has 0 aromatic carbocycles. The first kappa shape index (κ1) is 14.2. The van der Waals surface area contributed by atoms with Crippen LogP contribution in [0.4, 0.5) is 0 Å². The van der Waals surface area contributed by atoms with Crippen LogP contribution in [0.25, 0.3) is 0 Å². The molecule has 1 N–H and O–H groups in total. The number of methoxy groups -OCH3 is 1. The molecule has 0 aromatic heterocycles. The first-order chi connectivity index (χ1) is 8.62. The van der Waals surface area contributed by atoms with Crippen molar-refractivity contribution in [2.24, 2.45) is 5.92 Å². The number of hydrogen-bond donors (Lipinski definition) is 1. The van der Waals surface area contributed by atoms with Crippen molar-refractivity contribution in [2.45, 2.75) is 31.8 Å². The van der Waals surface area contributed by atoms with E-state index in [-0.39, 0.29) is 6.10 Å². The number of ether oxygens (including phenoxy) is 1. The average molecular weight is 276 g/mol. The fraction of sp³-hybridized carbons (Fsp3) is 1.00. The Balaban J connectivity index is 1.86. The molecule has 0 spiro atoms. The second-order valence-electron chi connectivity index (χ2n) is 5.31. The lowest BCUT2D eigenvalue weighted by molar-refractivity contribution is 0.0603. The van der Waals surface area contributed by atoms with E-state index in [1.807, 2.05) is 0 Å². The maximum Gasteiger partial charge on any atom is 0.214 e. The fourth-order valence-corrected chi connectivity index (χ4v) is 4.70. The molecule has 0 amide bonds. The van der Waals surface area contributed by atoms with Gasteiger partial charge in [0.1, 0.15) is 0 Å². The Morgan fingerprint density at radius 2 is 1.78 bits per heavy atom. The summed E-state index contributed by atoms with van der Waals surface area (Å²) in [6.07, 6.45) is 3.83. The zero-order chi connectivity index (χ0) is 13.0. The van der Waals surface area contributed by atoms with Crippen LogP contribution in [-0.2, 0) is 14.8 Å². The zero-order valence-electron chi connectivity index (χ0n) is 11.1. The molecule has 0 aromatic rings. The van der Waals surface area contributed by atoms with Gasteiger partial charge in [-0.15, -0.1) is 0 Å². The van der Waals surface area contributed by atoms with E-state index in [0.29, 0.717) is 24.8 Å². The van der Waals surface area contributed by atoms with E-state index >= 15 is 0 Å². The van der Waals surface area contributed by atoms with Gasteiger partial charge in [-0.3, -0.25) is 0 Å². The Morgan fingerprint density at radius 3 is 2.33 bits per heavy atom. The molecule has 2 aliphatic rings. The van der Waals surface area contributed by atoms with Crippen molar-refractivity contribution >= 4 is 10.0 Å². The van der Waals surface area contributed by atoms with E-state index in [4.69, 9.17) is 4.74 Å². The van der Waals surface area contributed by atoms with Crippen molar-refractivity contribution in [2.75, 3.05) is 39.0 Å². The van der Waals surface area contributed by atoms with Gasteiger partial charge in [0.2, 0.25) is 10.0 Å². The summed E-state index contributed by atoms with van der Waals surface area (Å²) in [6.45, 7) is 3.13. The van der Waals surface area contributed by atoms with Crippen LogP contribution in [0.1, 0.15) is 25.7 Å². The van der Waals surface area contributed by atoms with Gasteiger partial charge in [-0.2, -0.15) is 0 Å². The fourth-order valence-electron chi connectivity index (χ4n) is 2.80. The molecule has 0 atom stereocenters. The minimum Gasteiger partial charge on any atom is -0.381 e. The normalized spacial score (nSPS) is 25.4. The molecule has 2 fully saturated rings. The number of piperidine rings is 2. The molecular weight excluding hydrogens is 252 g/mol. The van der Waals surface area contributed by atoms with Crippen molar-refractivity contribution in [3.63, 3.8) is 0 Å². The summed E-state index contributed by atoms with van der Waals surface area (Å²) in [6, 6.07) is 0. The third kappa shape index (κ3) is 3.66.